The van der Waals surface area contributed by atoms with Gasteiger partial charge in [0.2, 0.25) is 0 Å². The van der Waals surface area contributed by atoms with Gasteiger partial charge in [0.1, 0.15) is 18.2 Å². The topological polar surface area (TPSA) is 106 Å². The van der Waals surface area contributed by atoms with Crippen LogP contribution in [0.1, 0.15) is 51.9 Å². The molecule has 1 unspecified atom stereocenters. The summed E-state index contributed by atoms with van der Waals surface area (Å²) < 4.78 is 6.57. The molecule has 0 aliphatic carbocycles. The van der Waals surface area contributed by atoms with Crippen LogP contribution < -0.4 is 20.3 Å². The van der Waals surface area contributed by atoms with E-state index in [0.717, 1.165) is 110 Å². The molecular weight excluding hydrogens is 602 g/mol. The fraction of sp³-hybridized carbons (Fsp3) is 0.500. The van der Waals surface area contributed by atoms with Crippen LogP contribution in [0.4, 0.5) is 10.6 Å². The fourth-order valence-electron chi connectivity index (χ4n) is 9.41. The second-order valence-corrected chi connectivity index (χ2v) is 15.1. The Bertz CT molecular complexity index is 1870. The third kappa shape index (κ3) is 5.11. The van der Waals surface area contributed by atoms with Crippen molar-refractivity contribution in [3.05, 3.63) is 54.6 Å². The lowest BCUT2D eigenvalue weighted by atomic mass is 9.95. The molecule has 5 aliphatic heterocycles. The highest BCUT2D eigenvalue weighted by atomic mass is 16.5. The fourth-order valence-corrected chi connectivity index (χ4v) is 9.41. The van der Waals surface area contributed by atoms with Crippen molar-refractivity contribution >= 4 is 33.5 Å². The molecule has 5 fully saturated rings. The van der Waals surface area contributed by atoms with E-state index in [1.54, 1.807) is 6.07 Å². The van der Waals surface area contributed by atoms with E-state index >= 15 is 0 Å². The van der Waals surface area contributed by atoms with Crippen LogP contribution in [0.5, 0.6) is 11.8 Å². The van der Waals surface area contributed by atoms with Gasteiger partial charge in [-0.1, -0.05) is 30.3 Å². The number of anilines is 1. The number of carbonyl (C=O) groups is 1. The normalized spacial score (nSPS) is 26.4. The van der Waals surface area contributed by atoms with Gasteiger partial charge in [0, 0.05) is 25.0 Å². The summed E-state index contributed by atoms with van der Waals surface area (Å²) in [6.45, 7) is 8.22. The highest BCUT2D eigenvalue weighted by molar-refractivity contribution is 6.01. The number of nitrogens with zero attached hydrogens (tertiary/aromatic N) is 5. The first kappa shape index (κ1) is 29.9. The second-order valence-electron chi connectivity index (χ2n) is 15.1. The molecule has 0 radical (unpaired) electrons. The first-order chi connectivity index (χ1) is 23.4. The molecule has 5 aliphatic rings. The van der Waals surface area contributed by atoms with Crippen molar-refractivity contribution in [2.45, 2.75) is 75.0 Å². The van der Waals surface area contributed by atoms with Crippen molar-refractivity contribution in [2.75, 3.05) is 50.8 Å². The molecule has 0 spiro atoms. The number of carbonyl (C=O) groups excluding carboxylic acids is 1. The molecule has 3 aromatic carbocycles. The molecular formula is C38H45N7O3. The lowest BCUT2D eigenvalue weighted by Gasteiger charge is -2.43. The third-order valence-corrected chi connectivity index (χ3v) is 11.9. The molecule has 1 aromatic heterocycles. The van der Waals surface area contributed by atoms with Gasteiger partial charge in [0.25, 0.3) is 0 Å². The minimum Gasteiger partial charge on any atom is -0.508 e. The van der Waals surface area contributed by atoms with E-state index in [-0.39, 0.29) is 34.9 Å². The van der Waals surface area contributed by atoms with Crippen molar-refractivity contribution in [1.82, 2.24) is 30.4 Å². The number of rotatable bonds is 6. The Morgan fingerprint density at radius 2 is 1.79 bits per heavy atom. The number of amides is 2. The predicted molar refractivity (Wildman–Crippen MR) is 188 cm³/mol. The van der Waals surface area contributed by atoms with Gasteiger partial charge in [-0.05, 0) is 118 Å². The van der Waals surface area contributed by atoms with Crippen molar-refractivity contribution in [2.24, 2.45) is 0 Å². The maximum Gasteiger partial charge on any atom is 0.319 e. The van der Waals surface area contributed by atoms with Crippen LogP contribution in [0.2, 0.25) is 0 Å². The number of ether oxygens (including phenoxy) is 1. The lowest BCUT2D eigenvalue weighted by molar-refractivity contribution is 0.108. The van der Waals surface area contributed by atoms with Crippen LogP contribution in [0.15, 0.2) is 54.6 Å². The number of phenols is 1. The average Bonchev–Trinajstić information content (AvgIpc) is 3.85. The number of phenolic OH excluding ortho intramolecular Hbond substituents is 1. The highest BCUT2D eigenvalue weighted by Crippen LogP contribution is 2.41. The number of aromatic nitrogens is 2. The van der Waals surface area contributed by atoms with Gasteiger partial charge < -0.3 is 30.3 Å². The largest absolute Gasteiger partial charge is 0.508 e. The Kier molecular flexibility index (Phi) is 7.16. The Balaban J connectivity index is 1.07. The molecule has 2 amide bonds. The van der Waals surface area contributed by atoms with E-state index in [9.17, 15) is 9.90 Å². The molecule has 250 valence electrons. The van der Waals surface area contributed by atoms with Crippen LogP contribution in [-0.4, -0.2) is 99.9 Å². The monoisotopic (exact) mass is 647 g/mol. The number of hydrogen-bond acceptors (Lipinski definition) is 8. The average molecular weight is 648 g/mol. The van der Waals surface area contributed by atoms with Gasteiger partial charge >= 0.3 is 12.0 Å². The van der Waals surface area contributed by atoms with Crippen LogP contribution in [0, 0.1) is 0 Å². The van der Waals surface area contributed by atoms with E-state index < -0.39 is 0 Å². The number of benzene rings is 3. The summed E-state index contributed by atoms with van der Waals surface area (Å²) in [5, 5.41) is 20.4. The van der Waals surface area contributed by atoms with Crippen molar-refractivity contribution in [3.8, 4) is 22.9 Å². The standard InChI is InChI=1S/C38H45N7O3/c1-37(14-15-39-23-37)42-36(47)45-27-9-10-28(45)22-43(21-27)34-31-11-8-26(32-20-29(46)18-25-6-2-3-7-30(25)32)19-33(31)40-35(41-34)48-24-38-12-4-16-44(38)17-5-13-38/h2-3,6-8,11,18-20,27-28,39,46H,4-5,9-10,12-17,21-24H2,1H3,(H,42,47)/t27-,28+,37?. The lowest BCUT2D eigenvalue weighted by Crippen LogP contribution is -2.61. The Morgan fingerprint density at radius 3 is 2.56 bits per heavy atom. The van der Waals surface area contributed by atoms with Gasteiger partial charge in [-0.25, -0.2) is 4.79 Å². The van der Waals surface area contributed by atoms with Gasteiger partial charge in [0.05, 0.1) is 28.7 Å². The molecule has 2 bridgehead atoms. The molecule has 4 aromatic rings. The zero-order valence-electron chi connectivity index (χ0n) is 27.8. The zero-order chi connectivity index (χ0) is 32.5. The molecule has 6 heterocycles. The maximum atomic E-state index is 13.6. The molecule has 0 saturated carbocycles. The van der Waals surface area contributed by atoms with E-state index in [0.29, 0.717) is 12.6 Å². The SMILES string of the molecule is CC1(NC(=O)N2[C@@H]3CC[C@H]2CN(c2nc(OCC45CCCN4CCC5)nc4cc(-c5cc(O)cc6ccccc56)ccc24)C3)CCNC1. The van der Waals surface area contributed by atoms with Crippen LogP contribution in [-0.2, 0) is 0 Å². The minimum absolute atomic E-state index is 0.0600. The minimum atomic E-state index is -0.199. The molecule has 48 heavy (non-hydrogen) atoms. The second kappa shape index (κ2) is 11.5. The van der Waals surface area contributed by atoms with E-state index in [2.05, 4.69) is 56.5 Å². The smallest absolute Gasteiger partial charge is 0.319 e. The first-order valence-corrected chi connectivity index (χ1v) is 17.8. The number of piperazine rings is 1. The number of urea groups is 1. The number of hydrogen-bond donors (Lipinski definition) is 3. The van der Waals surface area contributed by atoms with Gasteiger partial charge in [-0.2, -0.15) is 9.97 Å². The molecule has 5 saturated heterocycles. The van der Waals surface area contributed by atoms with Crippen LogP contribution in [0.3, 0.4) is 0 Å². The Labute approximate surface area is 281 Å². The molecule has 10 nitrogen and oxygen atoms in total. The number of aromatic hydroxyl groups is 1. The molecule has 9 rings (SSSR count). The zero-order valence-corrected chi connectivity index (χ0v) is 27.8. The summed E-state index contributed by atoms with van der Waals surface area (Å²) in [5.74, 6) is 1.11. The predicted octanol–water partition coefficient (Wildman–Crippen LogP) is 5.28. The first-order valence-electron chi connectivity index (χ1n) is 17.8. The van der Waals surface area contributed by atoms with Crippen molar-refractivity contribution in [3.63, 3.8) is 0 Å². The highest BCUT2D eigenvalue weighted by Gasteiger charge is 2.46. The quantitative estimate of drug-likeness (QED) is 0.260. The maximum absolute atomic E-state index is 13.6. The van der Waals surface area contributed by atoms with Gasteiger partial charge in [-0.3, -0.25) is 4.90 Å². The summed E-state index contributed by atoms with van der Waals surface area (Å²) in [5.41, 5.74) is 2.66. The van der Waals surface area contributed by atoms with Crippen LogP contribution in [0.25, 0.3) is 32.8 Å². The summed E-state index contributed by atoms with van der Waals surface area (Å²) in [6.07, 6.45) is 7.67. The van der Waals surface area contributed by atoms with Gasteiger partial charge in [0.15, 0.2) is 0 Å². The van der Waals surface area contributed by atoms with Crippen LogP contribution >= 0.6 is 0 Å². The van der Waals surface area contributed by atoms with E-state index in [1.807, 2.05) is 24.3 Å². The third-order valence-electron chi connectivity index (χ3n) is 11.9. The summed E-state index contributed by atoms with van der Waals surface area (Å²) in [4.78, 5) is 30.9. The van der Waals surface area contributed by atoms with Crippen molar-refractivity contribution < 1.29 is 14.6 Å². The summed E-state index contributed by atoms with van der Waals surface area (Å²) in [7, 11) is 0. The molecule has 10 heteroatoms. The molecule has 3 N–H and O–H groups in total. The summed E-state index contributed by atoms with van der Waals surface area (Å²) >= 11 is 0. The molecule has 3 atom stereocenters. The number of fused-ring (bicyclic) bond motifs is 5. The summed E-state index contributed by atoms with van der Waals surface area (Å²) in [6, 6.07) is 18.8. The van der Waals surface area contributed by atoms with E-state index in [4.69, 9.17) is 14.7 Å². The number of nitrogens with one attached hydrogen (secondary N) is 2. The van der Waals surface area contributed by atoms with Crippen molar-refractivity contribution in [1.29, 1.82) is 0 Å². The van der Waals surface area contributed by atoms with Gasteiger partial charge in [-0.15, -0.1) is 0 Å². The van der Waals surface area contributed by atoms with E-state index in [1.165, 1.54) is 12.8 Å². The Morgan fingerprint density at radius 1 is 1.00 bits per heavy atom. The Hall–Kier alpha value is -4.15.